The van der Waals surface area contributed by atoms with Gasteiger partial charge in [-0.25, -0.2) is 8.42 Å². The van der Waals surface area contributed by atoms with Crippen LogP contribution in [-0.4, -0.2) is 45.5 Å². The van der Waals surface area contributed by atoms with E-state index in [1.165, 1.54) is 44.9 Å². The van der Waals surface area contributed by atoms with Gasteiger partial charge in [0.1, 0.15) is 12.3 Å². The van der Waals surface area contributed by atoms with E-state index < -0.39 is 10.0 Å². The van der Waals surface area contributed by atoms with Gasteiger partial charge in [-0.1, -0.05) is 37.1 Å². The van der Waals surface area contributed by atoms with Crippen molar-refractivity contribution in [3.8, 4) is 5.75 Å². The standard InChI is InChI=1S/C23H30N2O4S2/c1-18-12-13-22(29-2)21(16-18)25(31(27,28)20-10-4-3-5-11-20)17-23(26)24-14-15-30-19-8-6-7-9-19/h3-5,10-13,16,19H,6-9,14-15,17H2,1-2H3,(H,24,26). The summed E-state index contributed by atoms with van der Waals surface area (Å²) in [6.07, 6.45) is 5.06. The lowest BCUT2D eigenvalue weighted by Crippen LogP contribution is -2.41. The molecule has 1 aliphatic carbocycles. The number of nitrogens with zero attached hydrogens (tertiary/aromatic N) is 1. The maximum Gasteiger partial charge on any atom is 0.264 e. The van der Waals surface area contributed by atoms with E-state index in [0.29, 0.717) is 23.2 Å². The summed E-state index contributed by atoms with van der Waals surface area (Å²) < 4.78 is 33.4. The molecule has 6 nitrogen and oxygen atoms in total. The Kier molecular flexibility index (Phi) is 8.26. The monoisotopic (exact) mass is 462 g/mol. The van der Waals surface area contributed by atoms with Gasteiger partial charge in [0.15, 0.2) is 0 Å². The van der Waals surface area contributed by atoms with Crippen LogP contribution in [0.5, 0.6) is 5.75 Å². The van der Waals surface area contributed by atoms with E-state index in [9.17, 15) is 13.2 Å². The topological polar surface area (TPSA) is 75.7 Å². The van der Waals surface area contributed by atoms with Crippen LogP contribution < -0.4 is 14.4 Å². The molecule has 0 radical (unpaired) electrons. The average Bonchev–Trinajstić information content (AvgIpc) is 3.29. The van der Waals surface area contributed by atoms with Crippen LogP contribution in [0.4, 0.5) is 5.69 Å². The number of benzene rings is 2. The molecular formula is C23H30N2O4S2. The Balaban J connectivity index is 1.78. The van der Waals surface area contributed by atoms with Crippen molar-refractivity contribution in [1.29, 1.82) is 0 Å². The van der Waals surface area contributed by atoms with Gasteiger partial charge in [0.05, 0.1) is 17.7 Å². The van der Waals surface area contributed by atoms with Gasteiger partial charge in [-0.3, -0.25) is 9.10 Å². The summed E-state index contributed by atoms with van der Waals surface area (Å²) in [6, 6.07) is 13.4. The molecular weight excluding hydrogens is 432 g/mol. The predicted molar refractivity (Wildman–Crippen MR) is 126 cm³/mol. The van der Waals surface area contributed by atoms with Crippen LogP contribution in [0.15, 0.2) is 53.4 Å². The summed E-state index contributed by atoms with van der Waals surface area (Å²) in [5.41, 5.74) is 1.22. The number of methoxy groups -OCH3 is 1. The summed E-state index contributed by atoms with van der Waals surface area (Å²) in [4.78, 5) is 12.8. The first-order valence-electron chi connectivity index (χ1n) is 10.5. The number of rotatable bonds is 10. The van der Waals surface area contributed by atoms with E-state index in [2.05, 4.69) is 5.32 Å². The Bertz CT molecular complexity index is 974. The fourth-order valence-corrected chi connectivity index (χ4v) is 6.34. The van der Waals surface area contributed by atoms with Gasteiger partial charge in [0.2, 0.25) is 5.91 Å². The third-order valence-electron chi connectivity index (χ3n) is 5.30. The predicted octanol–water partition coefficient (Wildman–Crippen LogP) is 3.99. The van der Waals surface area contributed by atoms with Crippen LogP contribution in [0.25, 0.3) is 0 Å². The molecule has 3 rings (SSSR count). The molecule has 0 unspecified atom stereocenters. The maximum atomic E-state index is 13.4. The molecule has 0 aromatic heterocycles. The first kappa shape index (κ1) is 23.5. The number of hydrogen-bond donors (Lipinski definition) is 1. The fourth-order valence-electron chi connectivity index (χ4n) is 3.67. The van der Waals surface area contributed by atoms with Crippen molar-refractivity contribution in [2.45, 2.75) is 42.8 Å². The van der Waals surface area contributed by atoms with Crippen molar-refractivity contribution in [1.82, 2.24) is 5.32 Å². The first-order chi connectivity index (χ1) is 14.9. The zero-order valence-corrected chi connectivity index (χ0v) is 19.7. The smallest absolute Gasteiger partial charge is 0.264 e. The maximum absolute atomic E-state index is 13.4. The molecule has 1 amide bonds. The summed E-state index contributed by atoms with van der Waals surface area (Å²) in [5, 5.41) is 3.56. The molecule has 8 heteroatoms. The number of carbonyl (C=O) groups excluding carboxylic acids is 1. The molecule has 1 fully saturated rings. The highest BCUT2D eigenvalue weighted by Gasteiger charge is 2.29. The van der Waals surface area contributed by atoms with Crippen LogP contribution in [0.2, 0.25) is 0 Å². The Labute approximate surface area is 189 Å². The Morgan fingerprint density at radius 3 is 2.55 bits per heavy atom. The van der Waals surface area contributed by atoms with Crippen LogP contribution in [0.3, 0.4) is 0 Å². The molecule has 0 spiro atoms. The van der Waals surface area contributed by atoms with Gasteiger partial charge in [0, 0.05) is 17.5 Å². The molecule has 1 saturated carbocycles. The summed E-state index contributed by atoms with van der Waals surface area (Å²) in [7, 11) is -2.47. The van der Waals surface area contributed by atoms with Crippen molar-refractivity contribution in [3.05, 3.63) is 54.1 Å². The lowest BCUT2D eigenvalue weighted by Gasteiger charge is -2.26. The first-order valence-corrected chi connectivity index (χ1v) is 13.0. The molecule has 1 N–H and O–H groups in total. The largest absolute Gasteiger partial charge is 0.495 e. The van der Waals surface area contributed by atoms with E-state index in [-0.39, 0.29) is 17.3 Å². The number of sulfonamides is 1. The van der Waals surface area contributed by atoms with E-state index in [0.717, 1.165) is 15.6 Å². The normalized spacial score (nSPS) is 14.4. The van der Waals surface area contributed by atoms with Gasteiger partial charge in [-0.05, 0) is 49.6 Å². The number of thioether (sulfide) groups is 1. The van der Waals surface area contributed by atoms with E-state index >= 15 is 0 Å². The van der Waals surface area contributed by atoms with Crippen molar-refractivity contribution in [3.63, 3.8) is 0 Å². The van der Waals surface area contributed by atoms with Crippen LogP contribution in [-0.2, 0) is 14.8 Å². The van der Waals surface area contributed by atoms with Gasteiger partial charge in [-0.15, -0.1) is 0 Å². The zero-order chi connectivity index (χ0) is 22.3. The van der Waals surface area contributed by atoms with Gasteiger partial charge < -0.3 is 10.1 Å². The summed E-state index contributed by atoms with van der Waals surface area (Å²) in [5.74, 6) is 0.889. The van der Waals surface area contributed by atoms with Gasteiger partial charge >= 0.3 is 0 Å². The molecule has 0 heterocycles. The average molecular weight is 463 g/mol. The van der Waals surface area contributed by atoms with Crippen LogP contribution in [0, 0.1) is 6.92 Å². The zero-order valence-electron chi connectivity index (χ0n) is 18.0. The van der Waals surface area contributed by atoms with Crippen molar-refractivity contribution in [2.75, 3.05) is 30.3 Å². The molecule has 168 valence electrons. The second kappa shape index (κ2) is 10.9. The minimum atomic E-state index is -3.95. The second-order valence-corrected chi connectivity index (χ2v) is 10.9. The molecule has 31 heavy (non-hydrogen) atoms. The Morgan fingerprint density at radius 1 is 1.16 bits per heavy atom. The molecule has 0 atom stereocenters. The molecule has 0 aliphatic heterocycles. The number of amides is 1. The summed E-state index contributed by atoms with van der Waals surface area (Å²) >= 11 is 1.89. The Hall–Kier alpha value is -2.19. The van der Waals surface area contributed by atoms with E-state index in [1.807, 2.05) is 24.8 Å². The quantitative estimate of drug-likeness (QED) is 0.541. The Morgan fingerprint density at radius 2 is 1.87 bits per heavy atom. The fraction of sp³-hybridized carbons (Fsp3) is 0.435. The minimum absolute atomic E-state index is 0.128. The molecule has 0 bridgehead atoms. The number of ether oxygens (including phenoxy) is 1. The third-order valence-corrected chi connectivity index (χ3v) is 8.46. The molecule has 0 saturated heterocycles. The summed E-state index contributed by atoms with van der Waals surface area (Å²) in [6.45, 7) is 2.08. The SMILES string of the molecule is COc1ccc(C)cc1N(CC(=O)NCCSC1CCCC1)S(=O)(=O)c1ccccc1. The third kappa shape index (κ3) is 6.17. The number of aryl methyl sites for hydroxylation is 1. The van der Waals surface area contributed by atoms with Crippen LogP contribution >= 0.6 is 11.8 Å². The van der Waals surface area contributed by atoms with Crippen LogP contribution in [0.1, 0.15) is 31.2 Å². The van der Waals surface area contributed by atoms with Gasteiger partial charge in [0.25, 0.3) is 10.0 Å². The second-order valence-electron chi connectivity index (χ2n) is 7.63. The van der Waals surface area contributed by atoms with Crippen molar-refractivity contribution >= 4 is 33.4 Å². The number of carbonyl (C=O) groups is 1. The highest BCUT2D eigenvalue weighted by molar-refractivity contribution is 7.99. The highest BCUT2D eigenvalue weighted by atomic mass is 32.2. The van der Waals surface area contributed by atoms with Crippen molar-refractivity contribution < 1.29 is 17.9 Å². The number of nitrogens with one attached hydrogen (secondary N) is 1. The van der Waals surface area contributed by atoms with Crippen molar-refractivity contribution in [2.24, 2.45) is 0 Å². The van der Waals surface area contributed by atoms with Gasteiger partial charge in [-0.2, -0.15) is 11.8 Å². The molecule has 2 aromatic carbocycles. The van der Waals surface area contributed by atoms with E-state index in [4.69, 9.17) is 4.74 Å². The highest BCUT2D eigenvalue weighted by Crippen LogP contribution is 2.33. The number of hydrogen-bond acceptors (Lipinski definition) is 5. The lowest BCUT2D eigenvalue weighted by atomic mass is 10.2. The lowest BCUT2D eigenvalue weighted by molar-refractivity contribution is -0.119. The molecule has 1 aliphatic rings. The number of anilines is 1. The minimum Gasteiger partial charge on any atom is -0.495 e. The van der Waals surface area contributed by atoms with E-state index in [1.54, 1.807) is 30.3 Å². The molecule has 2 aromatic rings.